The maximum atomic E-state index is 5.83. The van der Waals surface area contributed by atoms with Crippen molar-refractivity contribution in [3.8, 4) is 5.75 Å². The van der Waals surface area contributed by atoms with Crippen molar-refractivity contribution in [3.63, 3.8) is 0 Å². The average Bonchev–Trinajstić information content (AvgIpc) is 2.91. The number of halogens is 1. The summed E-state index contributed by atoms with van der Waals surface area (Å²) in [5.74, 6) is 2.93. The van der Waals surface area contributed by atoms with Gasteiger partial charge in [-0.1, -0.05) is 15.9 Å². The summed E-state index contributed by atoms with van der Waals surface area (Å²) in [6.07, 6.45) is 4.32. The minimum absolute atomic E-state index is 0.438. The lowest BCUT2D eigenvalue weighted by Crippen LogP contribution is -2.39. The highest BCUT2D eigenvalue weighted by atomic mass is 79.9. The summed E-state index contributed by atoms with van der Waals surface area (Å²) in [6, 6.07) is 6.55. The van der Waals surface area contributed by atoms with Crippen LogP contribution in [0.1, 0.15) is 23.6 Å². The topological polar surface area (TPSA) is 52.0 Å². The number of rotatable bonds is 3. The van der Waals surface area contributed by atoms with Crippen molar-refractivity contribution in [2.75, 3.05) is 13.2 Å². The molecule has 1 aromatic heterocycles. The highest BCUT2D eigenvalue weighted by Crippen LogP contribution is 2.29. The van der Waals surface area contributed by atoms with Gasteiger partial charge in [-0.3, -0.25) is 0 Å². The largest absolute Gasteiger partial charge is 0.489 e. The molecular weight excluding hydrogens is 356 g/mol. The number of hydrogen-bond donors (Lipinski definition) is 1. The predicted octanol–water partition coefficient (Wildman–Crippen LogP) is 2.73. The standard InChI is InChI=1S/C17H19BrN4O/c1-11-20-17-5-3-15(9-22(17)21-11)19-8-12-6-13-7-14(18)2-4-16(13)23-10-12/h2,4,6-7,15,19H,3,5,8-10H2,1H3. The molecule has 3 heterocycles. The number of benzene rings is 1. The van der Waals surface area contributed by atoms with Crippen molar-refractivity contribution in [3.05, 3.63) is 45.5 Å². The number of nitrogens with zero attached hydrogens (tertiary/aromatic N) is 3. The Morgan fingerprint density at radius 2 is 2.35 bits per heavy atom. The molecule has 23 heavy (non-hydrogen) atoms. The molecule has 1 aromatic carbocycles. The highest BCUT2D eigenvalue weighted by molar-refractivity contribution is 9.10. The maximum Gasteiger partial charge on any atom is 0.147 e. The van der Waals surface area contributed by atoms with Gasteiger partial charge in [0, 0.05) is 29.0 Å². The van der Waals surface area contributed by atoms with Crippen LogP contribution in [0.5, 0.6) is 5.75 Å². The van der Waals surface area contributed by atoms with Crippen LogP contribution in [0, 0.1) is 6.92 Å². The third kappa shape index (κ3) is 3.19. The van der Waals surface area contributed by atoms with Crippen molar-refractivity contribution in [1.82, 2.24) is 20.1 Å². The van der Waals surface area contributed by atoms with Crippen molar-refractivity contribution >= 4 is 22.0 Å². The number of hydrogen-bond acceptors (Lipinski definition) is 4. The van der Waals surface area contributed by atoms with Gasteiger partial charge in [-0.05, 0) is 43.2 Å². The van der Waals surface area contributed by atoms with Gasteiger partial charge in [0.05, 0.1) is 6.54 Å². The van der Waals surface area contributed by atoms with Crippen LogP contribution in [0.15, 0.2) is 28.2 Å². The van der Waals surface area contributed by atoms with Crippen LogP contribution < -0.4 is 10.1 Å². The molecule has 0 amide bonds. The van der Waals surface area contributed by atoms with Crippen molar-refractivity contribution in [1.29, 1.82) is 0 Å². The number of ether oxygens (including phenoxy) is 1. The zero-order valence-corrected chi connectivity index (χ0v) is 14.6. The van der Waals surface area contributed by atoms with E-state index in [-0.39, 0.29) is 0 Å². The molecule has 0 saturated heterocycles. The fourth-order valence-corrected chi connectivity index (χ4v) is 3.55. The lowest BCUT2D eigenvalue weighted by atomic mass is 10.1. The SMILES string of the molecule is Cc1nc2n(n1)CC(NCC1=Cc3cc(Br)ccc3OC1)CC2. The Labute approximate surface area is 143 Å². The lowest BCUT2D eigenvalue weighted by Gasteiger charge is -2.25. The molecule has 1 atom stereocenters. The number of aromatic nitrogens is 3. The van der Waals surface area contributed by atoms with Crippen LogP contribution in [0.25, 0.3) is 6.08 Å². The van der Waals surface area contributed by atoms with Gasteiger partial charge in [0.1, 0.15) is 24.0 Å². The molecule has 4 rings (SSSR count). The average molecular weight is 375 g/mol. The molecule has 120 valence electrons. The summed E-state index contributed by atoms with van der Waals surface area (Å²) in [7, 11) is 0. The Morgan fingerprint density at radius 3 is 3.26 bits per heavy atom. The highest BCUT2D eigenvalue weighted by Gasteiger charge is 2.21. The van der Waals surface area contributed by atoms with E-state index in [1.807, 2.05) is 23.7 Å². The van der Waals surface area contributed by atoms with Gasteiger partial charge in [0.2, 0.25) is 0 Å². The Bertz CT molecular complexity index is 768. The molecule has 1 unspecified atom stereocenters. The Kier molecular flexibility index (Phi) is 3.95. The molecule has 2 aliphatic heterocycles. The molecule has 0 spiro atoms. The van der Waals surface area contributed by atoms with E-state index in [0.29, 0.717) is 12.6 Å². The quantitative estimate of drug-likeness (QED) is 0.897. The Morgan fingerprint density at radius 1 is 1.43 bits per heavy atom. The van der Waals surface area contributed by atoms with Gasteiger partial charge < -0.3 is 10.1 Å². The molecule has 0 saturated carbocycles. The van der Waals surface area contributed by atoms with Crippen LogP contribution in [-0.2, 0) is 13.0 Å². The first kappa shape index (κ1) is 14.9. The third-order valence-corrected chi connectivity index (χ3v) is 4.82. The molecule has 1 N–H and O–H groups in total. The smallest absolute Gasteiger partial charge is 0.147 e. The lowest BCUT2D eigenvalue weighted by molar-refractivity contribution is 0.330. The Balaban J connectivity index is 1.40. The van der Waals surface area contributed by atoms with Crippen molar-refractivity contribution < 1.29 is 4.74 Å². The first-order chi connectivity index (χ1) is 11.2. The van der Waals surface area contributed by atoms with Gasteiger partial charge in [0.15, 0.2) is 0 Å². The van der Waals surface area contributed by atoms with Gasteiger partial charge in [-0.25, -0.2) is 9.67 Å². The summed E-state index contributed by atoms with van der Waals surface area (Å²) < 4.78 is 8.95. The number of fused-ring (bicyclic) bond motifs is 2. The molecule has 0 fully saturated rings. The second-order valence-electron chi connectivity index (χ2n) is 6.15. The fraction of sp³-hybridized carbons (Fsp3) is 0.412. The van der Waals surface area contributed by atoms with E-state index in [9.17, 15) is 0 Å². The summed E-state index contributed by atoms with van der Waals surface area (Å²) in [5, 5.41) is 8.09. The summed E-state index contributed by atoms with van der Waals surface area (Å²) in [6.45, 7) is 4.35. The van der Waals surface area contributed by atoms with Gasteiger partial charge in [-0.15, -0.1) is 0 Å². The van der Waals surface area contributed by atoms with Crippen LogP contribution in [0.4, 0.5) is 0 Å². The van der Waals surface area contributed by atoms with Crippen LogP contribution in [0.2, 0.25) is 0 Å². The van der Waals surface area contributed by atoms with E-state index in [1.54, 1.807) is 0 Å². The second-order valence-corrected chi connectivity index (χ2v) is 7.06. The molecule has 0 radical (unpaired) electrons. The molecule has 5 nitrogen and oxygen atoms in total. The molecule has 2 aromatic rings. The zero-order chi connectivity index (χ0) is 15.8. The van der Waals surface area contributed by atoms with Gasteiger partial charge in [0.25, 0.3) is 0 Å². The molecule has 6 heteroatoms. The van der Waals surface area contributed by atoms with E-state index >= 15 is 0 Å². The van der Waals surface area contributed by atoms with Crippen LogP contribution in [0.3, 0.4) is 0 Å². The number of nitrogens with one attached hydrogen (secondary N) is 1. The van der Waals surface area contributed by atoms with Gasteiger partial charge in [-0.2, -0.15) is 5.10 Å². The summed E-state index contributed by atoms with van der Waals surface area (Å²) >= 11 is 3.51. The minimum Gasteiger partial charge on any atom is -0.489 e. The predicted molar refractivity (Wildman–Crippen MR) is 92.5 cm³/mol. The Hall–Kier alpha value is -1.66. The third-order valence-electron chi connectivity index (χ3n) is 4.33. The first-order valence-electron chi connectivity index (χ1n) is 7.93. The van der Waals surface area contributed by atoms with Crippen LogP contribution >= 0.6 is 15.9 Å². The molecule has 0 bridgehead atoms. The second kappa shape index (κ2) is 6.09. The van der Waals surface area contributed by atoms with E-state index in [1.165, 1.54) is 5.57 Å². The first-order valence-corrected chi connectivity index (χ1v) is 8.72. The van der Waals surface area contributed by atoms with E-state index in [2.05, 4.69) is 43.5 Å². The minimum atomic E-state index is 0.438. The van der Waals surface area contributed by atoms with E-state index in [0.717, 1.165) is 53.4 Å². The molecule has 2 aliphatic rings. The number of aryl methyl sites for hydroxylation is 2. The van der Waals surface area contributed by atoms with Crippen molar-refractivity contribution in [2.24, 2.45) is 0 Å². The summed E-state index contributed by atoms with van der Waals surface area (Å²) in [5.41, 5.74) is 2.41. The summed E-state index contributed by atoms with van der Waals surface area (Å²) in [4.78, 5) is 4.46. The normalized spacial score (nSPS) is 19.6. The zero-order valence-electron chi connectivity index (χ0n) is 13.1. The van der Waals surface area contributed by atoms with Crippen molar-refractivity contribution in [2.45, 2.75) is 32.4 Å². The van der Waals surface area contributed by atoms with Crippen LogP contribution in [-0.4, -0.2) is 34.0 Å². The van der Waals surface area contributed by atoms with E-state index < -0.39 is 0 Å². The maximum absolute atomic E-state index is 5.83. The monoisotopic (exact) mass is 374 g/mol. The molecule has 0 aliphatic carbocycles. The van der Waals surface area contributed by atoms with E-state index in [4.69, 9.17) is 4.74 Å². The fourth-order valence-electron chi connectivity index (χ4n) is 3.17. The molecular formula is C17H19BrN4O. The van der Waals surface area contributed by atoms with Gasteiger partial charge >= 0.3 is 0 Å².